The van der Waals surface area contributed by atoms with E-state index < -0.39 is 0 Å². The predicted molar refractivity (Wildman–Crippen MR) is 74.4 cm³/mol. The van der Waals surface area contributed by atoms with E-state index in [1.807, 2.05) is 0 Å². The maximum atomic E-state index is 6.11. The number of likely N-dealkylation sites (N-methyl/N-ethyl adjacent to an activating group) is 1. The molecule has 2 N–H and O–H groups in total. The summed E-state index contributed by atoms with van der Waals surface area (Å²) in [5.41, 5.74) is 6.11. The molecule has 0 aliphatic carbocycles. The van der Waals surface area contributed by atoms with Gasteiger partial charge in [0.25, 0.3) is 0 Å². The molecule has 0 rings (SSSR count). The maximum absolute atomic E-state index is 6.11. The van der Waals surface area contributed by atoms with Gasteiger partial charge in [0, 0.05) is 26.3 Å². The summed E-state index contributed by atoms with van der Waals surface area (Å²) in [6.07, 6.45) is 3.33. The topological polar surface area (TPSA) is 41.7 Å². The monoisotopic (exact) mass is 245 g/mol. The SMILES string of the molecule is CCN(CCCN(C)C)CC(N)CCCOC. The Balaban J connectivity index is 3.63. The fourth-order valence-electron chi connectivity index (χ4n) is 1.90. The van der Waals surface area contributed by atoms with E-state index in [-0.39, 0.29) is 6.04 Å². The Morgan fingerprint density at radius 2 is 1.88 bits per heavy atom. The summed E-state index contributed by atoms with van der Waals surface area (Å²) in [7, 11) is 5.98. The summed E-state index contributed by atoms with van der Waals surface area (Å²) in [5.74, 6) is 0. The molecule has 0 aromatic heterocycles. The Morgan fingerprint density at radius 3 is 2.41 bits per heavy atom. The molecule has 17 heavy (non-hydrogen) atoms. The Kier molecular flexibility index (Phi) is 10.9. The molecule has 0 amide bonds. The van der Waals surface area contributed by atoms with Crippen LogP contribution in [0.15, 0.2) is 0 Å². The lowest BCUT2D eigenvalue weighted by molar-refractivity contribution is 0.185. The summed E-state index contributed by atoms with van der Waals surface area (Å²) >= 11 is 0. The highest BCUT2D eigenvalue weighted by Gasteiger charge is 2.08. The molecule has 0 radical (unpaired) electrons. The molecular weight excluding hydrogens is 214 g/mol. The highest BCUT2D eigenvalue weighted by Crippen LogP contribution is 2.00. The summed E-state index contributed by atoms with van der Waals surface area (Å²) in [6.45, 7) is 7.42. The number of rotatable bonds is 11. The molecule has 0 spiro atoms. The van der Waals surface area contributed by atoms with Crippen LogP contribution in [0.5, 0.6) is 0 Å². The van der Waals surface area contributed by atoms with Crippen LogP contribution in [0.2, 0.25) is 0 Å². The first-order chi connectivity index (χ1) is 8.10. The highest BCUT2D eigenvalue weighted by molar-refractivity contribution is 4.68. The Labute approximate surface area is 107 Å². The first kappa shape index (κ1) is 16.8. The minimum atomic E-state index is 0.282. The van der Waals surface area contributed by atoms with Crippen molar-refractivity contribution in [1.82, 2.24) is 9.80 Å². The molecule has 0 aromatic carbocycles. The second-order valence-corrected chi connectivity index (χ2v) is 4.95. The standard InChI is InChI=1S/C13H31N3O/c1-5-16(10-7-9-15(2)3)12-13(14)8-6-11-17-4/h13H,5-12,14H2,1-4H3. The van der Waals surface area contributed by atoms with Crippen LogP contribution in [0.1, 0.15) is 26.2 Å². The van der Waals surface area contributed by atoms with Crippen LogP contribution in [0.3, 0.4) is 0 Å². The number of nitrogens with zero attached hydrogens (tertiary/aromatic N) is 2. The summed E-state index contributed by atoms with van der Waals surface area (Å²) in [5, 5.41) is 0. The first-order valence-corrected chi connectivity index (χ1v) is 6.71. The Bertz CT molecular complexity index is 165. The van der Waals surface area contributed by atoms with Crippen LogP contribution >= 0.6 is 0 Å². The van der Waals surface area contributed by atoms with E-state index in [2.05, 4.69) is 30.8 Å². The molecule has 0 aliphatic rings. The summed E-state index contributed by atoms with van der Waals surface area (Å²) < 4.78 is 5.04. The van der Waals surface area contributed by atoms with Crippen LogP contribution in [-0.4, -0.2) is 69.8 Å². The van der Waals surface area contributed by atoms with Gasteiger partial charge in [0.2, 0.25) is 0 Å². The lowest BCUT2D eigenvalue weighted by atomic mass is 10.1. The van der Waals surface area contributed by atoms with Crippen molar-refractivity contribution in [2.45, 2.75) is 32.2 Å². The van der Waals surface area contributed by atoms with E-state index in [4.69, 9.17) is 10.5 Å². The van der Waals surface area contributed by atoms with Crippen molar-refractivity contribution in [3.05, 3.63) is 0 Å². The summed E-state index contributed by atoms with van der Waals surface area (Å²) in [4.78, 5) is 4.67. The number of hydrogen-bond donors (Lipinski definition) is 1. The van der Waals surface area contributed by atoms with Crippen molar-refractivity contribution in [1.29, 1.82) is 0 Å². The second kappa shape index (κ2) is 11.0. The van der Waals surface area contributed by atoms with Crippen LogP contribution in [-0.2, 0) is 4.74 Å². The largest absolute Gasteiger partial charge is 0.385 e. The van der Waals surface area contributed by atoms with Gasteiger partial charge in [-0.25, -0.2) is 0 Å². The third kappa shape index (κ3) is 10.7. The molecule has 0 saturated heterocycles. The quantitative estimate of drug-likeness (QED) is 0.552. The van der Waals surface area contributed by atoms with Gasteiger partial charge in [-0.2, -0.15) is 0 Å². The first-order valence-electron chi connectivity index (χ1n) is 6.71. The fraction of sp³-hybridized carbons (Fsp3) is 1.00. The van der Waals surface area contributed by atoms with Crippen LogP contribution in [0.25, 0.3) is 0 Å². The van der Waals surface area contributed by atoms with Crippen molar-refractivity contribution in [3.63, 3.8) is 0 Å². The van der Waals surface area contributed by atoms with Gasteiger partial charge in [-0.05, 0) is 53.0 Å². The lowest BCUT2D eigenvalue weighted by Crippen LogP contribution is -2.38. The number of methoxy groups -OCH3 is 1. The van der Waals surface area contributed by atoms with Crippen LogP contribution in [0, 0.1) is 0 Å². The van der Waals surface area contributed by atoms with Gasteiger partial charge in [0.1, 0.15) is 0 Å². The third-order valence-corrected chi connectivity index (χ3v) is 2.94. The van der Waals surface area contributed by atoms with E-state index in [1.54, 1.807) is 7.11 Å². The number of ether oxygens (including phenoxy) is 1. The zero-order valence-electron chi connectivity index (χ0n) is 12.1. The molecule has 0 fully saturated rings. The van der Waals surface area contributed by atoms with Gasteiger partial charge >= 0.3 is 0 Å². The second-order valence-electron chi connectivity index (χ2n) is 4.95. The molecule has 4 heteroatoms. The molecular formula is C13H31N3O. The molecule has 0 bridgehead atoms. The highest BCUT2D eigenvalue weighted by atomic mass is 16.5. The van der Waals surface area contributed by atoms with E-state index in [0.717, 1.165) is 45.6 Å². The summed E-state index contributed by atoms with van der Waals surface area (Å²) in [6, 6.07) is 0.282. The average Bonchev–Trinajstić information content (AvgIpc) is 2.27. The van der Waals surface area contributed by atoms with Gasteiger partial charge in [-0.15, -0.1) is 0 Å². The van der Waals surface area contributed by atoms with Crippen molar-refractivity contribution < 1.29 is 4.74 Å². The predicted octanol–water partition coefficient (Wildman–Crippen LogP) is 1.01. The fourth-order valence-corrected chi connectivity index (χ4v) is 1.90. The molecule has 0 saturated carbocycles. The van der Waals surface area contributed by atoms with Crippen LogP contribution in [0.4, 0.5) is 0 Å². The van der Waals surface area contributed by atoms with E-state index in [0.29, 0.717) is 0 Å². The lowest BCUT2D eigenvalue weighted by Gasteiger charge is -2.24. The molecule has 0 aromatic rings. The van der Waals surface area contributed by atoms with E-state index in [1.165, 1.54) is 6.42 Å². The Morgan fingerprint density at radius 1 is 1.18 bits per heavy atom. The van der Waals surface area contributed by atoms with E-state index >= 15 is 0 Å². The normalized spacial score (nSPS) is 13.6. The van der Waals surface area contributed by atoms with Gasteiger partial charge in [0.15, 0.2) is 0 Å². The van der Waals surface area contributed by atoms with Crippen molar-refractivity contribution in [2.75, 3.05) is 54.0 Å². The molecule has 0 aliphatic heterocycles. The Hall–Kier alpha value is -0.160. The van der Waals surface area contributed by atoms with Gasteiger partial charge in [-0.3, -0.25) is 0 Å². The third-order valence-electron chi connectivity index (χ3n) is 2.94. The molecule has 1 unspecified atom stereocenters. The van der Waals surface area contributed by atoms with E-state index in [9.17, 15) is 0 Å². The number of nitrogens with two attached hydrogens (primary N) is 1. The van der Waals surface area contributed by atoms with Crippen molar-refractivity contribution in [3.8, 4) is 0 Å². The molecule has 4 nitrogen and oxygen atoms in total. The van der Waals surface area contributed by atoms with Crippen molar-refractivity contribution in [2.24, 2.45) is 5.73 Å². The average molecular weight is 245 g/mol. The van der Waals surface area contributed by atoms with Gasteiger partial charge in [-0.1, -0.05) is 6.92 Å². The van der Waals surface area contributed by atoms with Crippen LogP contribution < -0.4 is 5.73 Å². The minimum absolute atomic E-state index is 0.282. The minimum Gasteiger partial charge on any atom is -0.385 e. The van der Waals surface area contributed by atoms with Crippen molar-refractivity contribution >= 4 is 0 Å². The molecule has 1 atom stereocenters. The zero-order chi connectivity index (χ0) is 13.1. The maximum Gasteiger partial charge on any atom is 0.0462 e. The number of hydrogen-bond acceptors (Lipinski definition) is 4. The zero-order valence-corrected chi connectivity index (χ0v) is 12.1. The van der Waals surface area contributed by atoms with Gasteiger partial charge < -0.3 is 20.3 Å². The molecule has 0 heterocycles. The molecule has 104 valence electrons. The smallest absolute Gasteiger partial charge is 0.0462 e. The van der Waals surface area contributed by atoms with Gasteiger partial charge in [0.05, 0.1) is 0 Å².